The van der Waals surface area contributed by atoms with Crippen LogP contribution in [0.5, 0.6) is 0 Å². The van der Waals surface area contributed by atoms with Gasteiger partial charge in [-0.05, 0) is 47.4 Å². The summed E-state index contributed by atoms with van der Waals surface area (Å²) in [6.07, 6.45) is 3.28. The molecule has 3 N–H and O–H groups in total. The first-order valence-electron chi connectivity index (χ1n) is 6.99. The molecular formula is C18H20N2O. The normalized spacial score (nSPS) is 11.0. The highest BCUT2D eigenvalue weighted by Gasteiger charge is 2.01. The lowest BCUT2D eigenvalue weighted by Gasteiger charge is -2.07. The maximum absolute atomic E-state index is 11.8. The molecule has 3 heteroatoms. The van der Waals surface area contributed by atoms with E-state index in [0.29, 0.717) is 11.6 Å². The molecule has 0 fully saturated rings. The van der Waals surface area contributed by atoms with Crippen molar-refractivity contribution in [2.24, 2.45) is 0 Å². The second kappa shape index (κ2) is 6.75. The summed E-state index contributed by atoms with van der Waals surface area (Å²) in [5.74, 6) is 0.337. The van der Waals surface area contributed by atoms with Gasteiger partial charge in [-0.1, -0.05) is 38.1 Å². The van der Waals surface area contributed by atoms with Crippen molar-refractivity contribution in [3.63, 3.8) is 0 Å². The molecule has 1 amide bonds. The fourth-order valence-electron chi connectivity index (χ4n) is 1.91. The first kappa shape index (κ1) is 14.9. The maximum atomic E-state index is 11.8. The van der Waals surface area contributed by atoms with Gasteiger partial charge in [0.25, 0.3) is 0 Å². The lowest BCUT2D eigenvalue weighted by molar-refractivity contribution is -0.111. The number of hydrogen-bond acceptors (Lipinski definition) is 2. The van der Waals surface area contributed by atoms with Gasteiger partial charge >= 0.3 is 0 Å². The first-order chi connectivity index (χ1) is 10.0. The van der Waals surface area contributed by atoms with Gasteiger partial charge in [0.1, 0.15) is 0 Å². The molecule has 0 radical (unpaired) electrons. The zero-order valence-electron chi connectivity index (χ0n) is 12.3. The summed E-state index contributed by atoms with van der Waals surface area (Å²) < 4.78 is 0. The van der Waals surface area contributed by atoms with Crippen LogP contribution in [-0.4, -0.2) is 5.91 Å². The van der Waals surface area contributed by atoms with Crippen molar-refractivity contribution in [3.05, 3.63) is 65.7 Å². The minimum atomic E-state index is -0.149. The second-order valence-corrected chi connectivity index (χ2v) is 5.27. The molecule has 0 saturated carbocycles. The quantitative estimate of drug-likeness (QED) is 0.656. The topological polar surface area (TPSA) is 55.1 Å². The van der Waals surface area contributed by atoms with Crippen molar-refractivity contribution in [2.75, 3.05) is 11.1 Å². The van der Waals surface area contributed by atoms with Crippen LogP contribution in [0, 0.1) is 0 Å². The van der Waals surface area contributed by atoms with Gasteiger partial charge in [-0.3, -0.25) is 4.79 Å². The van der Waals surface area contributed by atoms with E-state index < -0.39 is 0 Å². The molecule has 0 heterocycles. The minimum absolute atomic E-state index is 0.149. The molecule has 108 valence electrons. The van der Waals surface area contributed by atoms with Crippen LogP contribution in [0.2, 0.25) is 0 Å². The zero-order valence-corrected chi connectivity index (χ0v) is 12.3. The van der Waals surface area contributed by atoms with E-state index in [1.165, 1.54) is 11.6 Å². The van der Waals surface area contributed by atoms with Gasteiger partial charge in [-0.25, -0.2) is 0 Å². The van der Waals surface area contributed by atoms with Gasteiger partial charge < -0.3 is 11.1 Å². The fraction of sp³-hybridized carbons (Fsp3) is 0.167. The average molecular weight is 280 g/mol. The predicted octanol–water partition coefficient (Wildman–Crippen LogP) is 4.04. The highest BCUT2D eigenvalue weighted by atomic mass is 16.1. The van der Waals surface area contributed by atoms with Crippen LogP contribution in [-0.2, 0) is 4.79 Å². The van der Waals surface area contributed by atoms with E-state index >= 15 is 0 Å². The Balaban J connectivity index is 1.96. The van der Waals surface area contributed by atoms with E-state index in [2.05, 4.69) is 19.2 Å². The Morgan fingerprint density at radius 3 is 2.24 bits per heavy atom. The number of hydrogen-bond donors (Lipinski definition) is 2. The molecule has 3 nitrogen and oxygen atoms in total. The summed E-state index contributed by atoms with van der Waals surface area (Å²) >= 11 is 0. The summed E-state index contributed by atoms with van der Waals surface area (Å²) in [5.41, 5.74) is 9.32. The number of carbonyl (C=O) groups excluding carboxylic acids is 1. The third kappa shape index (κ3) is 4.49. The lowest BCUT2D eigenvalue weighted by Crippen LogP contribution is -2.07. The Morgan fingerprint density at radius 2 is 1.67 bits per heavy atom. The molecule has 0 aromatic heterocycles. The Morgan fingerprint density at radius 1 is 1.05 bits per heavy atom. The van der Waals surface area contributed by atoms with E-state index in [0.717, 1.165) is 11.3 Å². The molecule has 0 saturated heterocycles. The summed E-state index contributed by atoms with van der Waals surface area (Å²) in [6.45, 7) is 4.28. The van der Waals surface area contributed by atoms with Crippen LogP contribution >= 0.6 is 0 Å². The summed E-state index contributed by atoms with van der Waals surface area (Å²) in [5, 5.41) is 2.84. The molecule has 0 spiro atoms. The van der Waals surface area contributed by atoms with E-state index in [4.69, 9.17) is 5.73 Å². The maximum Gasteiger partial charge on any atom is 0.248 e. The van der Waals surface area contributed by atoms with Gasteiger partial charge in [-0.15, -0.1) is 0 Å². The molecule has 0 atom stereocenters. The van der Waals surface area contributed by atoms with Gasteiger partial charge in [0, 0.05) is 17.5 Å². The Hall–Kier alpha value is -2.55. The predicted molar refractivity (Wildman–Crippen MR) is 89.0 cm³/mol. The number of anilines is 2. The number of rotatable bonds is 4. The SMILES string of the molecule is CC(C)c1ccc(NC(=O)/C=C/c2ccc(N)cc2)cc1. The monoisotopic (exact) mass is 280 g/mol. The number of nitrogens with one attached hydrogen (secondary N) is 1. The van der Waals surface area contributed by atoms with Crippen LogP contribution in [0.25, 0.3) is 6.08 Å². The average Bonchev–Trinajstić information content (AvgIpc) is 2.47. The minimum Gasteiger partial charge on any atom is -0.399 e. The van der Waals surface area contributed by atoms with Gasteiger partial charge in [0.15, 0.2) is 0 Å². The molecular weight excluding hydrogens is 260 g/mol. The fourth-order valence-corrected chi connectivity index (χ4v) is 1.91. The zero-order chi connectivity index (χ0) is 15.2. The lowest BCUT2D eigenvalue weighted by atomic mass is 10.0. The third-order valence-electron chi connectivity index (χ3n) is 3.21. The number of carbonyl (C=O) groups is 1. The van der Waals surface area contributed by atoms with E-state index in [-0.39, 0.29) is 5.91 Å². The molecule has 2 aromatic carbocycles. The number of nitrogens with two attached hydrogens (primary N) is 1. The van der Waals surface area contributed by atoms with Crippen LogP contribution in [0.4, 0.5) is 11.4 Å². The number of amides is 1. The molecule has 0 bridgehead atoms. The van der Waals surface area contributed by atoms with E-state index in [1.807, 2.05) is 48.5 Å². The van der Waals surface area contributed by atoms with Crippen molar-refractivity contribution in [3.8, 4) is 0 Å². The highest BCUT2D eigenvalue weighted by molar-refractivity contribution is 6.01. The van der Waals surface area contributed by atoms with Crippen molar-refractivity contribution in [1.29, 1.82) is 0 Å². The molecule has 21 heavy (non-hydrogen) atoms. The molecule has 2 rings (SSSR count). The van der Waals surface area contributed by atoms with Crippen LogP contribution in [0.3, 0.4) is 0 Å². The molecule has 0 aliphatic heterocycles. The van der Waals surface area contributed by atoms with Crippen LogP contribution in [0.15, 0.2) is 54.6 Å². The van der Waals surface area contributed by atoms with Gasteiger partial charge in [0.2, 0.25) is 5.91 Å². The highest BCUT2D eigenvalue weighted by Crippen LogP contribution is 2.17. The Kier molecular flexibility index (Phi) is 4.77. The standard InChI is InChI=1S/C18H20N2O/c1-13(2)15-6-10-17(11-7-15)20-18(21)12-5-14-3-8-16(19)9-4-14/h3-13H,19H2,1-2H3,(H,20,21)/b12-5+. The summed E-state index contributed by atoms with van der Waals surface area (Å²) in [6, 6.07) is 15.3. The Bertz CT molecular complexity index is 625. The molecule has 2 aromatic rings. The smallest absolute Gasteiger partial charge is 0.248 e. The third-order valence-corrected chi connectivity index (χ3v) is 3.21. The van der Waals surface area contributed by atoms with Crippen molar-refractivity contribution in [1.82, 2.24) is 0 Å². The van der Waals surface area contributed by atoms with E-state index in [9.17, 15) is 4.79 Å². The summed E-state index contributed by atoms with van der Waals surface area (Å²) in [4.78, 5) is 11.8. The summed E-state index contributed by atoms with van der Waals surface area (Å²) in [7, 11) is 0. The Labute approximate surface area is 125 Å². The van der Waals surface area contributed by atoms with Crippen LogP contribution in [0.1, 0.15) is 30.9 Å². The van der Waals surface area contributed by atoms with Gasteiger partial charge in [-0.2, -0.15) is 0 Å². The van der Waals surface area contributed by atoms with Crippen molar-refractivity contribution < 1.29 is 4.79 Å². The first-order valence-corrected chi connectivity index (χ1v) is 6.99. The van der Waals surface area contributed by atoms with Crippen molar-refractivity contribution >= 4 is 23.4 Å². The van der Waals surface area contributed by atoms with Crippen LogP contribution < -0.4 is 11.1 Å². The largest absolute Gasteiger partial charge is 0.399 e. The van der Waals surface area contributed by atoms with E-state index in [1.54, 1.807) is 6.08 Å². The van der Waals surface area contributed by atoms with Gasteiger partial charge in [0.05, 0.1) is 0 Å². The second-order valence-electron chi connectivity index (χ2n) is 5.27. The molecule has 0 unspecified atom stereocenters. The molecule has 0 aliphatic carbocycles. The number of nitrogen functional groups attached to an aromatic ring is 1. The van der Waals surface area contributed by atoms with Crippen molar-refractivity contribution in [2.45, 2.75) is 19.8 Å². The molecule has 0 aliphatic rings. The number of benzene rings is 2.